The van der Waals surface area contributed by atoms with Gasteiger partial charge in [-0.05, 0) is 19.3 Å². The predicted molar refractivity (Wildman–Crippen MR) is 60.1 cm³/mol. The molecule has 4 nitrogen and oxygen atoms in total. The minimum atomic E-state index is -3.17. The molecule has 2 N–H and O–H groups in total. The van der Waals surface area contributed by atoms with E-state index in [1.807, 2.05) is 0 Å². The third-order valence-electron chi connectivity index (χ3n) is 2.77. The summed E-state index contributed by atoms with van der Waals surface area (Å²) in [5, 5.41) is 8.59. The van der Waals surface area contributed by atoms with E-state index in [0.717, 1.165) is 25.7 Å². The van der Waals surface area contributed by atoms with Crippen molar-refractivity contribution in [2.24, 2.45) is 0 Å². The molecule has 1 aliphatic rings. The lowest BCUT2D eigenvalue weighted by Gasteiger charge is -2.15. The molecule has 0 radical (unpaired) electrons. The molecule has 1 rings (SSSR count). The van der Waals surface area contributed by atoms with Crippen LogP contribution in [0.3, 0.4) is 0 Å². The lowest BCUT2D eigenvalue weighted by molar-refractivity contribution is 0.295. The van der Waals surface area contributed by atoms with Gasteiger partial charge in [-0.2, -0.15) is 0 Å². The van der Waals surface area contributed by atoms with Crippen molar-refractivity contribution in [3.63, 3.8) is 0 Å². The molecule has 0 bridgehead atoms. The Labute approximate surface area is 92.1 Å². The Morgan fingerprint density at radius 2 is 1.73 bits per heavy atom. The van der Waals surface area contributed by atoms with E-state index in [4.69, 9.17) is 5.11 Å². The highest BCUT2D eigenvalue weighted by molar-refractivity contribution is 7.89. The number of aliphatic hydroxyl groups is 1. The van der Waals surface area contributed by atoms with E-state index in [1.54, 1.807) is 0 Å². The molecule has 0 aromatic rings. The molecule has 0 aromatic heterocycles. The first-order valence-electron chi connectivity index (χ1n) is 5.75. The normalized spacial score (nSPS) is 20.1. The predicted octanol–water partition coefficient (Wildman–Crippen LogP) is 1.01. The van der Waals surface area contributed by atoms with Gasteiger partial charge in [0, 0.05) is 12.6 Å². The first-order chi connectivity index (χ1) is 7.14. The molecule has 90 valence electrons. The highest BCUT2D eigenvalue weighted by atomic mass is 32.2. The van der Waals surface area contributed by atoms with Gasteiger partial charge < -0.3 is 5.11 Å². The van der Waals surface area contributed by atoms with Crippen LogP contribution in [0.2, 0.25) is 0 Å². The van der Waals surface area contributed by atoms with Crippen molar-refractivity contribution in [2.45, 2.75) is 51.0 Å². The summed E-state index contributed by atoms with van der Waals surface area (Å²) in [4.78, 5) is 0. The summed E-state index contributed by atoms with van der Waals surface area (Å²) in [6.07, 6.45) is 6.91. The zero-order valence-electron chi connectivity index (χ0n) is 9.11. The Hall–Kier alpha value is -0.130. The standard InChI is InChI=1S/C10H21NO3S/c12-8-5-9-15(13,14)11-10-6-3-1-2-4-7-10/h10-12H,1-9H2. The fourth-order valence-corrected chi connectivity index (χ4v) is 3.34. The molecule has 0 unspecified atom stereocenters. The van der Waals surface area contributed by atoms with Crippen molar-refractivity contribution in [2.75, 3.05) is 12.4 Å². The van der Waals surface area contributed by atoms with E-state index in [2.05, 4.69) is 4.72 Å². The number of aliphatic hydroxyl groups excluding tert-OH is 1. The Morgan fingerprint density at radius 1 is 1.13 bits per heavy atom. The molecular formula is C10H21NO3S. The van der Waals surface area contributed by atoms with Crippen LogP contribution in [0.25, 0.3) is 0 Å². The van der Waals surface area contributed by atoms with Crippen molar-refractivity contribution < 1.29 is 13.5 Å². The summed E-state index contributed by atoms with van der Waals surface area (Å²) in [5.74, 6) is 0.0417. The van der Waals surface area contributed by atoms with Crippen LogP contribution in [0, 0.1) is 0 Å². The molecule has 1 fully saturated rings. The summed E-state index contributed by atoms with van der Waals surface area (Å²) < 4.78 is 25.8. The molecule has 5 heteroatoms. The van der Waals surface area contributed by atoms with Crippen molar-refractivity contribution in [1.29, 1.82) is 0 Å². The van der Waals surface area contributed by atoms with Gasteiger partial charge in [-0.3, -0.25) is 0 Å². The van der Waals surface area contributed by atoms with Crippen LogP contribution < -0.4 is 4.72 Å². The summed E-state index contributed by atoms with van der Waals surface area (Å²) in [7, 11) is -3.17. The Bertz CT molecular complexity index is 256. The van der Waals surface area contributed by atoms with Crippen LogP contribution in [-0.2, 0) is 10.0 Å². The lowest BCUT2D eigenvalue weighted by atomic mass is 10.1. The average molecular weight is 235 g/mol. The second kappa shape index (κ2) is 6.45. The molecule has 0 heterocycles. The quantitative estimate of drug-likeness (QED) is 0.699. The fourth-order valence-electron chi connectivity index (χ4n) is 1.96. The first-order valence-corrected chi connectivity index (χ1v) is 7.40. The maximum Gasteiger partial charge on any atom is 0.211 e. The average Bonchev–Trinajstić information content (AvgIpc) is 2.43. The first kappa shape index (κ1) is 12.9. The summed E-state index contributed by atoms with van der Waals surface area (Å²) in [5.41, 5.74) is 0. The van der Waals surface area contributed by atoms with Gasteiger partial charge in [-0.25, -0.2) is 13.1 Å². The topological polar surface area (TPSA) is 66.4 Å². The van der Waals surface area contributed by atoms with Crippen LogP contribution in [0.15, 0.2) is 0 Å². The third kappa shape index (κ3) is 5.49. The van der Waals surface area contributed by atoms with E-state index < -0.39 is 10.0 Å². The minimum absolute atomic E-state index is 0.0417. The molecule has 1 aliphatic carbocycles. The molecular weight excluding hydrogens is 214 g/mol. The molecule has 15 heavy (non-hydrogen) atoms. The van der Waals surface area contributed by atoms with Gasteiger partial charge in [-0.15, -0.1) is 0 Å². The van der Waals surface area contributed by atoms with Gasteiger partial charge in [0.25, 0.3) is 0 Å². The Morgan fingerprint density at radius 3 is 2.27 bits per heavy atom. The van der Waals surface area contributed by atoms with Gasteiger partial charge in [0.15, 0.2) is 0 Å². The van der Waals surface area contributed by atoms with Gasteiger partial charge in [0.1, 0.15) is 0 Å². The molecule has 0 saturated heterocycles. The van der Waals surface area contributed by atoms with Gasteiger partial charge in [0.2, 0.25) is 10.0 Å². The van der Waals surface area contributed by atoms with Crippen LogP contribution in [0.5, 0.6) is 0 Å². The molecule has 0 amide bonds. The number of nitrogens with one attached hydrogen (secondary N) is 1. The Kier molecular flexibility index (Phi) is 5.56. The minimum Gasteiger partial charge on any atom is -0.396 e. The van der Waals surface area contributed by atoms with Crippen LogP contribution >= 0.6 is 0 Å². The van der Waals surface area contributed by atoms with E-state index in [9.17, 15) is 8.42 Å². The molecule has 1 saturated carbocycles. The summed E-state index contributed by atoms with van der Waals surface area (Å²) in [6, 6.07) is 0.121. The van der Waals surface area contributed by atoms with Crippen molar-refractivity contribution in [1.82, 2.24) is 4.72 Å². The van der Waals surface area contributed by atoms with Gasteiger partial charge in [0.05, 0.1) is 5.75 Å². The summed E-state index contributed by atoms with van der Waals surface area (Å²) in [6.45, 7) is -0.0639. The second-order valence-corrected chi connectivity index (χ2v) is 6.08. The smallest absolute Gasteiger partial charge is 0.211 e. The van der Waals surface area contributed by atoms with Crippen LogP contribution in [0.1, 0.15) is 44.9 Å². The maximum atomic E-state index is 11.5. The van der Waals surface area contributed by atoms with Crippen molar-refractivity contribution in [3.8, 4) is 0 Å². The number of hydrogen-bond donors (Lipinski definition) is 2. The highest BCUT2D eigenvalue weighted by Crippen LogP contribution is 2.17. The van der Waals surface area contributed by atoms with Crippen molar-refractivity contribution in [3.05, 3.63) is 0 Å². The number of rotatable bonds is 5. The highest BCUT2D eigenvalue weighted by Gasteiger charge is 2.18. The number of sulfonamides is 1. The van der Waals surface area contributed by atoms with Crippen molar-refractivity contribution >= 4 is 10.0 Å². The SMILES string of the molecule is O=S(=O)(CCCO)NC1CCCCCC1. The van der Waals surface area contributed by atoms with Gasteiger partial charge >= 0.3 is 0 Å². The van der Waals surface area contributed by atoms with E-state index in [1.165, 1.54) is 12.8 Å². The third-order valence-corrected chi connectivity index (χ3v) is 4.29. The molecule has 0 aliphatic heterocycles. The molecule has 0 atom stereocenters. The maximum absolute atomic E-state index is 11.5. The second-order valence-electron chi connectivity index (χ2n) is 4.20. The largest absolute Gasteiger partial charge is 0.396 e. The summed E-state index contributed by atoms with van der Waals surface area (Å²) >= 11 is 0. The monoisotopic (exact) mass is 235 g/mol. The van der Waals surface area contributed by atoms with E-state index in [0.29, 0.717) is 6.42 Å². The number of hydrogen-bond acceptors (Lipinski definition) is 3. The fraction of sp³-hybridized carbons (Fsp3) is 1.00. The molecule has 0 aromatic carbocycles. The van der Waals surface area contributed by atoms with E-state index in [-0.39, 0.29) is 18.4 Å². The lowest BCUT2D eigenvalue weighted by Crippen LogP contribution is -2.36. The van der Waals surface area contributed by atoms with E-state index >= 15 is 0 Å². The van der Waals surface area contributed by atoms with Gasteiger partial charge in [-0.1, -0.05) is 25.7 Å². The molecule has 0 spiro atoms. The van der Waals surface area contributed by atoms with Crippen LogP contribution in [-0.4, -0.2) is 31.9 Å². The zero-order valence-corrected chi connectivity index (χ0v) is 9.93. The van der Waals surface area contributed by atoms with Crippen LogP contribution in [0.4, 0.5) is 0 Å². The Balaban J connectivity index is 2.37. The zero-order chi connectivity index (χ0) is 11.1.